The van der Waals surface area contributed by atoms with Gasteiger partial charge in [0.1, 0.15) is 5.69 Å². The number of hydrogen-bond acceptors (Lipinski definition) is 3. The van der Waals surface area contributed by atoms with Crippen LogP contribution in [0.25, 0.3) is 5.70 Å². The predicted octanol–water partition coefficient (Wildman–Crippen LogP) is 3.01. The first-order valence-electron chi connectivity index (χ1n) is 7.20. The van der Waals surface area contributed by atoms with Gasteiger partial charge in [0, 0.05) is 32.3 Å². The molecule has 1 amide bonds. The molecule has 0 spiro atoms. The number of rotatable bonds is 5. The van der Waals surface area contributed by atoms with Crippen molar-refractivity contribution >= 4 is 28.9 Å². The van der Waals surface area contributed by atoms with E-state index in [-0.39, 0.29) is 11.8 Å². The Morgan fingerprint density at radius 2 is 2.32 bits per heavy atom. The predicted molar refractivity (Wildman–Crippen MR) is 90.7 cm³/mol. The molecule has 0 saturated carbocycles. The van der Waals surface area contributed by atoms with Gasteiger partial charge in [-0.1, -0.05) is 37.6 Å². The highest BCUT2D eigenvalue weighted by atomic mass is 35.5. The van der Waals surface area contributed by atoms with Crippen molar-refractivity contribution in [2.45, 2.75) is 13.8 Å². The molecule has 0 radical (unpaired) electrons. The average Bonchev–Trinajstić information content (AvgIpc) is 2.86. The van der Waals surface area contributed by atoms with E-state index in [9.17, 15) is 4.79 Å². The molecule has 0 bridgehead atoms. The maximum Gasteiger partial charge on any atom is 0.229 e. The van der Waals surface area contributed by atoms with Gasteiger partial charge in [-0.15, -0.1) is 6.58 Å². The lowest BCUT2D eigenvalue weighted by Gasteiger charge is -2.22. The molecule has 1 aliphatic rings. The van der Waals surface area contributed by atoms with Crippen LogP contribution in [0.5, 0.6) is 0 Å². The van der Waals surface area contributed by atoms with Crippen LogP contribution in [0.3, 0.4) is 0 Å². The van der Waals surface area contributed by atoms with Crippen molar-refractivity contribution in [3.63, 3.8) is 0 Å². The molecule has 118 valence electrons. The molecule has 5 nitrogen and oxygen atoms in total. The van der Waals surface area contributed by atoms with Gasteiger partial charge in [0.25, 0.3) is 0 Å². The number of amides is 1. The number of anilines is 1. The Morgan fingerprint density at radius 1 is 1.59 bits per heavy atom. The Balaban J connectivity index is 2.37. The van der Waals surface area contributed by atoms with Crippen LogP contribution in [0.2, 0.25) is 5.15 Å². The second-order valence-electron chi connectivity index (χ2n) is 5.54. The molecule has 1 aliphatic heterocycles. The Hall–Kier alpha value is -2.01. The molecule has 0 aromatic carbocycles. The second kappa shape index (κ2) is 6.83. The second-order valence-corrected chi connectivity index (χ2v) is 5.90. The lowest BCUT2D eigenvalue weighted by Crippen LogP contribution is -2.34. The standard InChI is InChI=1S/C16H21ClN4O/c1-5-8-20(16(22)12(2)3)14-11-21(18-15(14)17)13-7-6-9-19(4)10-13/h5-7,10-12H,1,8-9H2,2-4H3. The zero-order valence-electron chi connectivity index (χ0n) is 13.2. The van der Waals surface area contributed by atoms with Gasteiger partial charge >= 0.3 is 0 Å². The summed E-state index contributed by atoms with van der Waals surface area (Å²) in [5.41, 5.74) is 1.50. The highest BCUT2D eigenvalue weighted by Gasteiger charge is 2.23. The molecular formula is C16H21ClN4O. The quantitative estimate of drug-likeness (QED) is 0.783. The Bertz CT molecular complexity index is 630. The van der Waals surface area contributed by atoms with Crippen LogP contribution in [-0.2, 0) is 4.79 Å². The van der Waals surface area contributed by atoms with E-state index in [1.54, 1.807) is 21.9 Å². The number of nitrogens with zero attached hydrogens (tertiary/aromatic N) is 4. The van der Waals surface area contributed by atoms with Crippen molar-refractivity contribution in [3.8, 4) is 0 Å². The van der Waals surface area contributed by atoms with Crippen molar-refractivity contribution in [1.82, 2.24) is 14.7 Å². The maximum atomic E-state index is 12.4. The van der Waals surface area contributed by atoms with Crippen LogP contribution in [0.15, 0.2) is 37.2 Å². The molecule has 0 atom stereocenters. The van der Waals surface area contributed by atoms with Gasteiger partial charge in [0.2, 0.25) is 5.91 Å². The fourth-order valence-corrected chi connectivity index (χ4v) is 2.43. The van der Waals surface area contributed by atoms with Gasteiger partial charge in [-0.25, -0.2) is 4.68 Å². The normalized spacial score (nSPS) is 14.2. The van der Waals surface area contributed by atoms with Gasteiger partial charge < -0.3 is 9.80 Å². The molecule has 2 rings (SSSR count). The van der Waals surface area contributed by atoms with Crippen LogP contribution in [-0.4, -0.2) is 40.7 Å². The van der Waals surface area contributed by atoms with Crippen molar-refractivity contribution < 1.29 is 4.79 Å². The van der Waals surface area contributed by atoms with Gasteiger partial charge in [-0.05, 0) is 6.08 Å². The summed E-state index contributed by atoms with van der Waals surface area (Å²) in [5, 5.41) is 4.63. The number of halogens is 1. The molecule has 2 heterocycles. The van der Waals surface area contributed by atoms with E-state index in [1.807, 2.05) is 44.1 Å². The van der Waals surface area contributed by atoms with E-state index in [4.69, 9.17) is 11.6 Å². The van der Waals surface area contributed by atoms with Crippen LogP contribution in [0.1, 0.15) is 13.8 Å². The SMILES string of the molecule is C=CCN(C(=O)C(C)C)c1cn(C2=CN(C)CC=C2)nc1Cl. The van der Waals surface area contributed by atoms with Crippen molar-refractivity contribution in [1.29, 1.82) is 0 Å². The van der Waals surface area contributed by atoms with Gasteiger partial charge in [0.15, 0.2) is 5.15 Å². The third-order valence-corrected chi connectivity index (χ3v) is 3.58. The third-order valence-electron chi connectivity index (χ3n) is 3.31. The molecular weight excluding hydrogens is 300 g/mol. The highest BCUT2D eigenvalue weighted by molar-refractivity contribution is 6.32. The minimum Gasteiger partial charge on any atom is -0.375 e. The fourth-order valence-electron chi connectivity index (χ4n) is 2.20. The highest BCUT2D eigenvalue weighted by Crippen LogP contribution is 2.28. The van der Waals surface area contributed by atoms with Crippen LogP contribution in [0, 0.1) is 5.92 Å². The summed E-state index contributed by atoms with van der Waals surface area (Å²) >= 11 is 6.25. The zero-order chi connectivity index (χ0) is 16.3. The summed E-state index contributed by atoms with van der Waals surface area (Å²) in [7, 11) is 1.99. The van der Waals surface area contributed by atoms with Crippen molar-refractivity contribution in [2.75, 3.05) is 25.0 Å². The maximum absolute atomic E-state index is 12.4. The third kappa shape index (κ3) is 3.42. The molecule has 0 saturated heterocycles. The summed E-state index contributed by atoms with van der Waals surface area (Å²) in [5.74, 6) is -0.133. The monoisotopic (exact) mass is 320 g/mol. The molecule has 0 fully saturated rings. The molecule has 0 N–H and O–H groups in total. The molecule has 6 heteroatoms. The van der Waals surface area contributed by atoms with Crippen LogP contribution >= 0.6 is 11.6 Å². The van der Waals surface area contributed by atoms with Gasteiger partial charge in [0.05, 0.1) is 11.9 Å². The summed E-state index contributed by atoms with van der Waals surface area (Å²) in [6, 6.07) is 0. The molecule has 1 aromatic rings. The lowest BCUT2D eigenvalue weighted by atomic mass is 10.2. The summed E-state index contributed by atoms with van der Waals surface area (Å²) in [4.78, 5) is 16.0. The van der Waals surface area contributed by atoms with E-state index in [0.717, 1.165) is 12.2 Å². The Kier molecular flexibility index (Phi) is 5.08. The summed E-state index contributed by atoms with van der Waals surface area (Å²) in [6.45, 7) is 8.69. The van der Waals surface area contributed by atoms with Crippen molar-refractivity contribution in [2.24, 2.45) is 5.92 Å². The first-order chi connectivity index (χ1) is 10.4. The average molecular weight is 321 g/mol. The van der Waals surface area contributed by atoms with Crippen LogP contribution in [0.4, 0.5) is 5.69 Å². The number of allylic oxidation sites excluding steroid dienone is 2. The number of carbonyl (C=O) groups excluding carboxylic acids is 1. The van der Waals surface area contributed by atoms with E-state index in [0.29, 0.717) is 17.4 Å². The lowest BCUT2D eigenvalue weighted by molar-refractivity contribution is -0.121. The largest absolute Gasteiger partial charge is 0.375 e. The summed E-state index contributed by atoms with van der Waals surface area (Å²) < 4.78 is 1.69. The summed E-state index contributed by atoms with van der Waals surface area (Å²) in [6.07, 6.45) is 9.47. The molecule has 22 heavy (non-hydrogen) atoms. The van der Waals surface area contributed by atoms with E-state index in [2.05, 4.69) is 11.7 Å². The minimum absolute atomic E-state index is 0.00775. The topological polar surface area (TPSA) is 41.4 Å². The first kappa shape index (κ1) is 16.4. The van der Waals surface area contributed by atoms with E-state index >= 15 is 0 Å². The van der Waals surface area contributed by atoms with E-state index in [1.165, 1.54) is 0 Å². The molecule has 1 aromatic heterocycles. The number of hydrogen-bond donors (Lipinski definition) is 0. The molecule has 0 unspecified atom stereocenters. The van der Waals surface area contributed by atoms with E-state index < -0.39 is 0 Å². The number of aromatic nitrogens is 2. The van der Waals surface area contributed by atoms with Gasteiger partial charge in [-0.3, -0.25) is 4.79 Å². The smallest absolute Gasteiger partial charge is 0.229 e. The fraction of sp³-hybridized carbons (Fsp3) is 0.375. The Morgan fingerprint density at radius 3 is 2.91 bits per heavy atom. The van der Waals surface area contributed by atoms with Gasteiger partial charge in [-0.2, -0.15) is 5.10 Å². The first-order valence-corrected chi connectivity index (χ1v) is 7.58. The van der Waals surface area contributed by atoms with Crippen molar-refractivity contribution in [3.05, 3.63) is 42.4 Å². The minimum atomic E-state index is -0.126. The number of likely N-dealkylation sites (N-methyl/N-ethyl adjacent to an activating group) is 1. The van der Waals surface area contributed by atoms with Crippen LogP contribution < -0.4 is 4.90 Å². The molecule has 0 aliphatic carbocycles. The Labute approximate surface area is 136 Å². The number of carbonyl (C=O) groups is 1. The zero-order valence-corrected chi connectivity index (χ0v) is 13.9.